The first-order valence-electron chi connectivity index (χ1n) is 5.33. The van der Waals surface area contributed by atoms with E-state index >= 15 is 0 Å². The van der Waals surface area contributed by atoms with Gasteiger partial charge in [-0.3, -0.25) is 9.69 Å². The molecule has 1 aliphatic rings. The van der Waals surface area contributed by atoms with Crippen LogP contribution in [0.1, 0.15) is 9.80 Å². The van der Waals surface area contributed by atoms with Gasteiger partial charge >= 0.3 is 0 Å². The van der Waals surface area contributed by atoms with Gasteiger partial charge in [-0.05, 0) is 11.6 Å². The third-order valence-corrected chi connectivity index (χ3v) is 4.37. The van der Waals surface area contributed by atoms with Gasteiger partial charge in [0.25, 0.3) is 5.91 Å². The molecule has 17 heavy (non-hydrogen) atoms. The smallest absolute Gasteiger partial charge is 0.282 e. The molecule has 2 rings (SSSR count). The van der Waals surface area contributed by atoms with Crippen LogP contribution in [-0.2, 0) is 0 Å². The van der Waals surface area contributed by atoms with E-state index in [4.69, 9.17) is 11.6 Å². The number of thioether (sulfide) groups is 1. The second kappa shape index (κ2) is 6.53. The van der Waals surface area contributed by atoms with Crippen LogP contribution in [-0.4, -0.2) is 58.7 Å². The minimum absolute atomic E-state index is 0.194. The molecule has 0 aromatic carbocycles. The number of hydrogen-bond acceptors (Lipinski definition) is 6. The number of carbonyl (C=O) groups excluding carboxylic acids is 1. The second-order valence-electron chi connectivity index (χ2n) is 3.57. The normalized spacial score (nSPS) is 17.0. The number of rotatable bonds is 4. The van der Waals surface area contributed by atoms with E-state index < -0.39 is 0 Å². The average molecular weight is 293 g/mol. The van der Waals surface area contributed by atoms with Gasteiger partial charge in [0.1, 0.15) is 0 Å². The first kappa shape index (κ1) is 13.1. The van der Waals surface area contributed by atoms with Gasteiger partial charge < -0.3 is 5.32 Å². The zero-order valence-corrected chi connectivity index (χ0v) is 11.6. The van der Waals surface area contributed by atoms with Gasteiger partial charge in [0, 0.05) is 37.7 Å². The molecule has 1 fully saturated rings. The highest BCUT2D eigenvalue weighted by atomic mass is 35.5. The molecule has 94 valence electrons. The second-order valence-corrected chi connectivity index (χ2v) is 6.35. The van der Waals surface area contributed by atoms with Crippen molar-refractivity contribution in [3.8, 4) is 0 Å². The molecular weight excluding hydrogens is 280 g/mol. The Morgan fingerprint density at radius 2 is 2.18 bits per heavy atom. The summed E-state index contributed by atoms with van der Waals surface area (Å²) < 4.78 is 0.295. The van der Waals surface area contributed by atoms with Crippen LogP contribution in [0.2, 0.25) is 4.47 Å². The predicted molar refractivity (Wildman–Crippen MR) is 71.0 cm³/mol. The fourth-order valence-corrected chi connectivity index (χ4v) is 3.25. The van der Waals surface area contributed by atoms with Crippen molar-refractivity contribution in [3.05, 3.63) is 9.47 Å². The van der Waals surface area contributed by atoms with E-state index in [1.807, 2.05) is 11.8 Å². The van der Waals surface area contributed by atoms with Crippen LogP contribution in [0.15, 0.2) is 0 Å². The maximum Gasteiger partial charge on any atom is 0.282 e. The first-order chi connectivity index (χ1) is 8.25. The van der Waals surface area contributed by atoms with Crippen molar-refractivity contribution in [3.63, 3.8) is 0 Å². The summed E-state index contributed by atoms with van der Waals surface area (Å²) in [4.78, 5) is 14.0. The third kappa shape index (κ3) is 4.09. The molecule has 1 aromatic rings. The molecule has 0 spiro atoms. The first-order valence-corrected chi connectivity index (χ1v) is 7.68. The van der Waals surface area contributed by atoms with Gasteiger partial charge in [-0.2, -0.15) is 11.8 Å². The van der Waals surface area contributed by atoms with Crippen LogP contribution in [0, 0.1) is 0 Å². The number of nitrogens with one attached hydrogen (secondary N) is 1. The van der Waals surface area contributed by atoms with E-state index in [-0.39, 0.29) is 5.91 Å². The molecule has 0 radical (unpaired) electrons. The lowest BCUT2D eigenvalue weighted by molar-refractivity contribution is 0.0948. The summed E-state index contributed by atoms with van der Waals surface area (Å²) in [5.41, 5.74) is 0. The molecule has 1 saturated heterocycles. The molecular formula is C9H13ClN4OS2. The van der Waals surface area contributed by atoms with Gasteiger partial charge in [-0.15, -0.1) is 10.2 Å². The lowest BCUT2D eigenvalue weighted by atomic mass is 10.4. The van der Waals surface area contributed by atoms with Crippen LogP contribution in [0.3, 0.4) is 0 Å². The van der Waals surface area contributed by atoms with Crippen LogP contribution in [0.25, 0.3) is 0 Å². The number of halogens is 1. The fraction of sp³-hybridized carbons (Fsp3) is 0.667. The van der Waals surface area contributed by atoms with Crippen molar-refractivity contribution in [2.24, 2.45) is 0 Å². The van der Waals surface area contributed by atoms with E-state index in [2.05, 4.69) is 20.4 Å². The lowest BCUT2D eigenvalue weighted by Crippen LogP contribution is -2.39. The van der Waals surface area contributed by atoms with Crippen LogP contribution in [0.4, 0.5) is 0 Å². The summed E-state index contributed by atoms with van der Waals surface area (Å²) in [6.45, 7) is 3.73. The molecule has 1 aliphatic heterocycles. The number of aromatic nitrogens is 2. The Kier molecular flexibility index (Phi) is 5.02. The number of amides is 1. The number of carbonyl (C=O) groups is 1. The molecule has 0 aliphatic carbocycles. The van der Waals surface area contributed by atoms with Crippen molar-refractivity contribution < 1.29 is 4.79 Å². The largest absolute Gasteiger partial charge is 0.349 e. The zero-order chi connectivity index (χ0) is 12.1. The Hall–Kier alpha value is -0.370. The molecule has 2 heterocycles. The van der Waals surface area contributed by atoms with E-state index in [9.17, 15) is 4.79 Å². The quantitative estimate of drug-likeness (QED) is 0.896. The van der Waals surface area contributed by atoms with Crippen LogP contribution in [0.5, 0.6) is 0 Å². The van der Waals surface area contributed by atoms with Crippen LogP contribution >= 0.6 is 34.7 Å². The number of nitrogens with zero attached hydrogens (tertiary/aromatic N) is 3. The summed E-state index contributed by atoms with van der Waals surface area (Å²) in [5.74, 6) is 2.17. The third-order valence-electron chi connectivity index (χ3n) is 2.41. The van der Waals surface area contributed by atoms with Crippen LogP contribution < -0.4 is 5.32 Å². The average Bonchev–Trinajstić information content (AvgIpc) is 2.77. The molecule has 0 bridgehead atoms. The van der Waals surface area contributed by atoms with E-state index in [0.717, 1.165) is 31.0 Å². The molecule has 1 N–H and O–H groups in total. The Balaban J connectivity index is 1.69. The summed E-state index contributed by atoms with van der Waals surface area (Å²) >= 11 is 8.69. The topological polar surface area (TPSA) is 58.1 Å². The molecule has 1 aromatic heterocycles. The Bertz CT molecular complexity index is 381. The maximum absolute atomic E-state index is 11.6. The van der Waals surface area contributed by atoms with Crippen molar-refractivity contribution in [1.82, 2.24) is 20.4 Å². The highest BCUT2D eigenvalue weighted by Gasteiger charge is 2.13. The lowest BCUT2D eigenvalue weighted by Gasteiger charge is -2.25. The van der Waals surface area contributed by atoms with E-state index in [1.54, 1.807) is 0 Å². The minimum atomic E-state index is -0.194. The summed E-state index contributed by atoms with van der Waals surface area (Å²) in [6, 6.07) is 0. The molecule has 1 amide bonds. The SMILES string of the molecule is O=C(NCCN1CCSCC1)c1nnc(Cl)s1. The fourth-order valence-electron chi connectivity index (χ4n) is 1.53. The summed E-state index contributed by atoms with van der Waals surface area (Å²) in [6.07, 6.45) is 0. The van der Waals surface area contributed by atoms with Gasteiger partial charge in [-0.1, -0.05) is 11.3 Å². The van der Waals surface area contributed by atoms with Gasteiger partial charge in [0.2, 0.25) is 9.47 Å². The standard InChI is InChI=1S/C9H13ClN4OS2/c10-9-13-12-8(17-9)7(15)11-1-2-14-3-5-16-6-4-14/h1-6H2,(H,11,15). The molecule has 0 atom stereocenters. The van der Waals surface area contributed by atoms with E-state index in [1.165, 1.54) is 11.5 Å². The van der Waals surface area contributed by atoms with Gasteiger partial charge in [-0.25, -0.2) is 0 Å². The van der Waals surface area contributed by atoms with Crippen molar-refractivity contribution >= 4 is 40.6 Å². The molecule has 8 heteroatoms. The monoisotopic (exact) mass is 292 g/mol. The maximum atomic E-state index is 11.6. The summed E-state index contributed by atoms with van der Waals surface area (Å²) in [7, 11) is 0. The molecule has 5 nitrogen and oxygen atoms in total. The van der Waals surface area contributed by atoms with Gasteiger partial charge in [0.05, 0.1) is 0 Å². The highest BCUT2D eigenvalue weighted by molar-refractivity contribution is 7.99. The Morgan fingerprint density at radius 1 is 1.41 bits per heavy atom. The van der Waals surface area contributed by atoms with Crippen molar-refractivity contribution in [2.75, 3.05) is 37.7 Å². The molecule has 0 saturated carbocycles. The molecule has 0 unspecified atom stereocenters. The summed E-state index contributed by atoms with van der Waals surface area (Å²) in [5, 5.41) is 10.4. The highest BCUT2D eigenvalue weighted by Crippen LogP contribution is 2.14. The van der Waals surface area contributed by atoms with Crippen molar-refractivity contribution in [1.29, 1.82) is 0 Å². The minimum Gasteiger partial charge on any atom is -0.349 e. The Labute approximate surface area is 113 Å². The number of hydrogen-bond donors (Lipinski definition) is 1. The van der Waals surface area contributed by atoms with Gasteiger partial charge in [0.15, 0.2) is 0 Å². The van der Waals surface area contributed by atoms with E-state index in [0.29, 0.717) is 16.0 Å². The zero-order valence-electron chi connectivity index (χ0n) is 9.19. The predicted octanol–water partition coefficient (Wildman–Crippen LogP) is 0.970. The van der Waals surface area contributed by atoms with Crippen molar-refractivity contribution in [2.45, 2.75) is 0 Å². The Morgan fingerprint density at radius 3 is 2.82 bits per heavy atom.